The van der Waals surface area contributed by atoms with Crippen molar-refractivity contribution in [3.05, 3.63) is 11.6 Å². The summed E-state index contributed by atoms with van der Waals surface area (Å²) in [6, 6.07) is 0. The zero-order chi connectivity index (χ0) is 6.41. The molecule has 0 aliphatic carbocycles. The van der Waals surface area contributed by atoms with Crippen LogP contribution in [0.1, 0.15) is 26.7 Å². The number of hydrogen-bond acceptors (Lipinski definition) is 1. The number of aldehydes is 1. The fraction of sp³-hybridized carbons (Fsp3) is 0.571. The summed E-state index contributed by atoms with van der Waals surface area (Å²) in [6.45, 7) is 3.95. The Morgan fingerprint density at radius 2 is 2.25 bits per heavy atom. The van der Waals surface area contributed by atoms with E-state index in [1.54, 1.807) is 0 Å². The van der Waals surface area contributed by atoms with Crippen molar-refractivity contribution in [2.75, 3.05) is 0 Å². The summed E-state index contributed by atoms with van der Waals surface area (Å²) in [6.07, 6.45) is 4.75. The number of hydrogen-bond donors (Lipinski definition) is 0. The third-order valence-electron chi connectivity index (χ3n) is 1.06. The zero-order valence-electron chi connectivity index (χ0n) is 5.48. The van der Waals surface area contributed by atoms with Gasteiger partial charge in [-0.15, -0.1) is 0 Å². The number of carbonyl (C=O) groups is 1. The third-order valence-corrected chi connectivity index (χ3v) is 1.06. The van der Waals surface area contributed by atoms with Crippen LogP contribution < -0.4 is 0 Å². The largest absolute Gasteiger partial charge is 0.298 e. The first-order chi connectivity index (χ1) is 3.85. The molecular weight excluding hydrogens is 100 g/mol. The summed E-state index contributed by atoms with van der Waals surface area (Å²) in [7, 11) is 0. The standard InChI is InChI=1S/C7H12O/c1-3-5-7(4-2)6-8/h4,6H,3,5H2,1-2H3. The minimum absolute atomic E-state index is 0.910. The van der Waals surface area contributed by atoms with E-state index in [0.717, 1.165) is 24.7 Å². The van der Waals surface area contributed by atoms with Crippen molar-refractivity contribution in [3.8, 4) is 0 Å². The highest BCUT2D eigenvalue weighted by molar-refractivity contribution is 5.72. The topological polar surface area (TPSA) is 17.1 Å². The molecule has 0 N–H and O–H groups in total. The molecular formula is C7H12O. The van der Waals surface area contributed by atoms with Gasteiger partial charge in [0.25, 0.3) is 0 Å². The second-order valence-electron chi connectivity index (χ2n) is 1.73. The molecule has 0 aliphatic rings. The highest BCUT2D eigenvalue weighted by Crippen LogP contribution is 1.98. The van der Waals surface area contributed by atoms with Crippen LogP contribution in [0.2, 0.25) is 0 Å². The normalized spacial score (nSPS) is 11.5. The lowest BCUT2D eigenvalue weighted by Gasteiger charge is -1.89. The van der Waals surface area contributed by atoms with Crippen molar-refractivity contribution < 1.29 is 4.79 Å². The Morgan fingerprint density at radius 3 is 2.38 bits per heavy atom. The van der Waals surface area contributed by atoms with E-state index in [1.165, 1.54) is 0 Å². The molecule has 0 bridgehead atoms. The zero-order valence-corrected chi connectivity index (χ0v) is 5.48. The molecule has 0 aliphatic heterocycles. The van der Waals surface area contributed by atoms with Crippen LogP contribution in [0.15, 0.2) is 11.6 Å². The molecule has 0 radical (unpaired) electrons. The molecule has 0 saturated heterocycles. The monoisotopic (exact) mass is 112 g/mol. The number of carbonyl (C=O) groups excluding carboxylic acids is 1. The molecule has 0 aromatic carbocycles. The molecule has 46 valence electrons. The van der Waals surface area contributed by atoms with Gasteiger partial charge in [-0.05, 0) is 18.9 Å². The van der Waals surface area contributed by atoms with Gasteiger partial charge in [0.05, 0.1) is 0 Å². The quantitative estimate of drug-likeness (QED) is 0.402. The van der Waals surface area contributed by atoms with Gasteiger partial charge in [0.15, 0.2) is 0 Å². The molecule has 0 rings (SSSR count). The molecule has 8 heavy (non-hydrogen) atoms. The molecule has 0 heterocycles. The molecule has 0 atom stereocenters. The molecule has 0 amide bonds. The third kappa shape index (κ3) is 2.56. The van der Waals surface area contributed by atoms with Gasteiger partial charge in [-0.3, -0.25) is 4.79 Å². The van der Waals surface area contributed by atoms with E-state index in [9.17, 15) is 4.79 Å². The first kappa shape index (κ1) is 7.41. The Labute approximate surface area is 50.4 Å². The lowest BCUT2D eigenvalue weighted by Crippen LogP contribution is -1.80. The van der Waals surface area contributed by atoms with Crippen molar-refractivity contribution >= 4 is 6.29 Å². The van der Waals surface area contributed by atoms with E-state index < -0.39 is 0 Å². The molecule has 0 spiro atoms. The SMILES string of the molecule is CC=C(C=O)CCC. The predicted molar refractivity (Wildman–Crippen MR) is 34.7 cm³/mol. The first-order valence-electron chi connectivity index (χ1n) is 2.95. The summed E-state index contributed by atoms with van der Waals surface area (Å²) >= 11 is 0. The van der Waals surface area contributed by atoms with E-state index in [1.807, 2.05) is 13.0 Å². The second kappa shape index (κ2) is 4.57. The van der Waals surface area contributed by atoms with Crippen LogP contribution in [-0.4, -0.2) is 6.29 Å². The van der Waals surface area contributed by atoms with Crippen LogP contribution in [-0.2, 0) is 4.79 Å². The van der Waals surface area contributed by atoms with Gasteiger partial charge < -0.3 is 0 Å². The molecule has 1 heteroatoms. The van der Waals surface area contributed by atoms with E-state index in [-0.39, 0.29) is 0 Å². The minimum Gasteiger partial charge on any atom is -0.298 e. The highest BCUT2D eigenvalue weighted by Gasteiger charge is 1.87. The lowest BCUT2D eigenvalue weighted by atomic mass is 10.2. The fourth-order valence-electron chi connectivity index (χ4n) is 0.560. The Bertz CT molecular complexity index is 92.6. The summed E-state index contributed by atoms with van der Waals surface area (Å²) in [5.41, 5.74) is 0.910. The Kier molecular flexibility index (Phi) is 4.23. The molecule has 0 unspecified atom stereocenters. The van der Waals surface area contributed by atoms with Gasteiger partial charge in [-0.1, -0.05) is 19.4 Å². The van der Waals surface area contributed by atoms with Crippen LogP contribution in [0.5, 0.6) is 0 Å². The van der Waals surface area contributed by atoms with Crippen LogP contribution in [0, 0.1) is 0 Å². The Morgan fingerprint density at radius 1 is 1.62 bits per heavy atom. The number of rotatable bonds is 3. The van der Waals surface area contributed by atoms with Crippen LogP contribution >= 0.6 is 0 Å². The summed E-state index contributed by atoms with van der Waals surface area (Å²) in [5.74, 6) is 0. The van der Waals surface area contributed by atoms with Crippen LogP contribution in [0.4, 0.5) is 0 Å². The second-order valence-corrected chi connectivity index (χ2v) is 1.73. The van der Waals surface area contributed by atoms with E-state index in [2.05, 4.69) is 6.92 Å². The van der Waals surface area contributed by atoms with Crippen molar-refractivity contribution in [2.45, 2.75) is 26.7 Å². The summed E-state index contributed by atoms with van der Waals surface area (Å²) in [4.78, 5) is 10.1. The lowest BCUT2D eigenvalue weighted by molar-refractivity contribution is -0.105. The maximum atomic E-state index is 10.1. The summed E-state index contributed by atoms with van der Waals surface area (Å²) < 4.78 is 0. The van der Waals surface area contributed by atoms with Crippen molar-refractivity contribution in [1.82, 2.24) is 0 Å². The van der Waals surface area contributed by atoms with Crippen LogP contribution in [0.25, 0.3) is 0 Å². The highest BCUT2D eigenvalue weighted by atomic mass is 16.1. The predicted octanol–water partition coefficient (Wildman–Crippen LogP) is 1.93. The van der Waals surface area contributed by atoms with Crippen molar-refractivity contribution in [3.63, 3.8) is 0 Å². The smallest absolute Gasteiger partial charge is 0.145 e. The molecule has 0 fully saturated rings. The van der Waals surface area contributed by atoms with E-state index >= 15 is 0 Å². The fourth-order valence-corrected chi connectivity index (χ4v) is 0.560. The van der Waals surface area contributed by atoms with E-state index in [4.69, 9.17) is 0 Å². The first-order valence-corrected chi connectivity index (χ1v) is 2.95. The molecule has 1 nitrogen and oxygen atoms in total. The Hall–Kier alpha value is -0.590. The van der Waals surface area contributed by atoms with Gasteiger partial charge in [0, 0.05) is 0 Å². The average molecular weight is 112 g/mol. The van der Waals surface area contributed by atoms with Gasteiger partial charge >= 0.3 is 0 Å². The van der Waals surface area contributed by atoms with Gasteiger partial charge in [0.1, 0.15) is 6.29 Å². The number of allylic oxidation sites excluding steroid dienone is 2. The van der Waals surface area contributed by atoms with Crippen LogP contribution in [0.3, 0.4) is 0 Å². The maximum Gasteiger partial charge on any atom is 0.145 e. The maximum absolute atomic E-state index is 10.1. The summed E-state index contributed by atoms with van der Waals surface area (Å²) in [5, 5.41) is 0. The minimum atomic E-state index is 0.910. The molecule has 0 saturated carbocycles. The average Bonchev–Trinajstić information content (AvgIpc) is 1.83. The molecule has 0 aromatic heterocycles. The van der Waals surface area contributed by atoms with Gasteiger partial charge in [0.2, 0.25) is 0 Å². The Balaban J connectivity index is 3.54. The van der Waals surface area contributed by atoms with Crippen molar-refractivity contribution in [1.29, 1.82) is 0 Å². The van der Waals surface area contributed by atoms with Gasteiger partial charge in [-0.25, -0.2) is 0 Å². The van der Waals surface area contributed by atoms with Gasteiger partial charge in [-0.2, -0.15) is 0 Å². The van der Waals surface area contributed by atoms with Crippen molar-refractivity contribution in [2.24, 2.45) is 0 Å². The molecule has 0 aromatic rings. The van der Waals surface area contributed by atoms with E-state index in [0.29, 0.717) is 0 Å².